The predicted octanol–water partition coefficient (Wildman–Crippen LogP) is 4.13. The van der Waals surface area contributed by atoms with Crippen LogP contribution in [0.3, 0.4) is 0 Å². The number of rotatable bonds is 7. The molecule has 0 aliphatic rings. The Morgan fingerprint density at radius 2 is 1.83 bits per heavy atom. The van der Waals surface area contributed by atoms with Crippen molar-refractivity contribution in [1.29, 1.82) is 0 Å². The molecule has 0 bridgehead atoms. The maximum absolute atomic E-state index is 13.4. The van der Waals surface area contributed by atoms with Gasteiger partial charge in [0, 0.05) is 29.9 Å². The Kier molecular flexibility index (Phi) is 7.84. The molecule has 0 aromatic heterocycles. The molecule has 4 N–H and O–H groups in total. The average molecular weight is 450 g/mol. The molecule has 2 aromatic rings. The van der Waals surface area contributed by atoms with Crippen molar-refractivity contribution in [2.45, 2.75) is 12.8 Å². The van der Waals surface area contributed by atoms with Crippen LogP contribution in [0.2, 0.25) is 5.02 Å². The number of hydrogen-bond donors (Lipinski definition) is 4. The zero-order chi connectivity index (χ0) is 22.3. The minimum atomic E-state index is -4.98. The predicted molar refractivity (Wildman–Crippen MR) is 101 cm³/mol. The van der Waals surface area contributed by atoms with Crippen molar-refractivity contribution in [3.63, 3.8) is 0 Å². The van der Waals surface area contributed by atoms with Gasteiger partial charge in [-0.15, -0.1) is 13.2 Å². The van der Waals surface area contributed by atoms with Crippen LogP contribution in [0.5, 0.6) is 5.75 Å². The Balaban J connectivity index is 2.25. The lowest BCUT2D eigenvalue weighted by Gasteiger charge is -2.15. The van der Waals surface area contributed by atoms with Gasteiger partial charge in [0.1, 0.15) is 11.6 Å². The summed E-state index contributed by atoms with van der Waals surface area (Å²) >= 11 is 5.70. The van der Waals surface area contributed by atoms with Gasteiger partial charge in [0.2, 0.25) is 0 Å². The number of aliphatic hydroxyl groups excluding tert-OH is 1. The van der Waals surface area contributed by atoms with E-state index in [4.69, 9.17) is 16.7 Å². The van der Waals surface area contributed by atoms with E-state index in [1.165, 1.54) is 6.07 Å². The van der Waals surface area contributed by atoms with E-state index >= 15 is 0 Å². The van der Waals surface area contributed by atoms with Gasteiger partial charge in [0.15, 0.2) is 0 Å². The zero-order valence-electron chi connectivity index (χ0n) is 15.1. The molecule has 162 valence electrons. The summed E-state index contributed by atoms with van der Waals surface area (Å²) in [5.41, 5.74) is -0.470. The summed E-state index contributed by atoms with van der Waals surface area (Å²) in [4.78, 5) is 24.5. The molecule has 2 aromatic carbocycles. The number of urea groups is 1. The van der Waals surface area contributed by atoms with Gasteiger partial charge < -0.3 is 25.8 Å². The van der Waals surface area contributed by atoms with Gasteiger partial charge in [-0.25, -0.2) is 9.18 Å². The van der Waals surface area contributed by atoms with E-state index in [1.807, 2.05) is 0 Å². The fourth-order valence-electron chi connectivity index (χ4n) is 2.31. The monoisotopic (exact) mass is 449 g/mol. The van der Waals surface area contributed by atoms with Crippen molar-refractivity contribution in [3.8, 4) is 5.75 Å². The van der Waals surface area contributed by atoms with E-state index in [0.29, 0.717) is 0 Å². The molecule has 0 aliphatic carbocycles. The second-order valence-corrected chi connectivity index (χ2v) is 6.26. The smallest absolute Gasteiger partial charge is 0.406 e. The number of nitrogens with one attached hydrogen (secondary N) is 3. The van der Waals surface area contributed by atoms with Crippen LogP contribution in [-0.4, -0.2) is 36.6 Å². The summed E-state index contributed by atoms with van der Waals surface area (Å²) in [6.45, 7) is -0.0775. The molecule has 2 rings (SSSR count). The topological polar surface area (TPSA) is 99.7 Å². The molecule has 0 aliphatic heterocycles. The van der Waals surface area contributed by atoms with Gasteiger partial charge in [0.25, 0.3) is 5.91 Å². The summed E-state index contributed by atoms with van der Waals surface area (Å²) < 4.78 is 54.7. The third-order valence-electron chi connectivity index (χ3n) is 3.46. The summed E-state index contributed by atoms with van der Waals surface area (Å²) in [6.07, 6.45) is -4.73. The van der Waals surface area contributed by atoms with Crippen LogP contribution in [0.4, 0.5) is 33.7 Å². The second kappa shape index (κ2) is 10.1. The Hall–Kier alpha value is -3.05. The normalized spacial score (nSPS) is 11.0. The van der Waals surface area contributed by atoms with Crippen LogP contribution in [0, 0.1) is 5.82 Å². The summed E-state index contributed by atoms with van der Waals surface area (Å²) in [5, 5.41) is 15.7. The third-order valence-corrected chi connectivity index (χ3v) is 3.68. The van der Waals surface area contributed by atoms with Crippen molar-refractivity contribution in [3.05, 3.63) is 52.8 Å². The van der Waals surface area contributed by atoms with Gasteiger partial charge in [-0.05, 0) is 36.8 Å². The number of aliphatic hydroxyl groups is 1. The molecule has 0 fully saturated rings. The second-order valence-electron chi connectivity index (χ2n) is 5.83. The standard InChI is InChI=1S/C18H16ClF4N3O4/c19-10-6-11(20)8-12(7-10)25-17(29)26-15-9-13(30-18(21,22)23)2-3-14(15)16(28)24-4-1-5-27/h2-3,6-9,27H,1,4-5H2,(H,24,28)(H2,25,26,29). The minimum Gasteiger partial charge on any atom is -0.406 e. The largest absolute Gasteiger partial charge is 0.573 e. The summed E-state index contributed by atoms with van der Waals surface area (Å²) in [5.74, 6) is -2.09. The van der Waals surface area contributed by atoms with Crippen molar-refractivity contribution in [1.82, 2.24) is 5.32 Å². The molecule has 0 unspecified atom stereocenters. The Morgan fingerprint density at radius 1 is 1.10 bits per heavy atom. The molecule has 3 amide bonds. The van der Waals surface area contributed by atoms with Crippen LogP contribution in [0.1, 0.15) is 16.8 Å². The Morgan fingerprint density at radius 3 is 2.47 bits per heavy atom. The number of carbonyl (C=O) groups excluding carboxylic acids is 2. The lowest BCUT2D eigenvalue weighted by atomic mass is 10.1. The Labute approximate surface area is 173 Å². The van der Waals surface area contributed by atoms with E-state index in [-0.39, 0.29) is 41.5 Å². The molecular weight excluding hydrogens is 434 g/mol. The number of amides is 3. The van der Waals surface area contributed by atoms with Crippen molar-refractivity contribution in [2.75, 3.05) is 23.8 Å². The maximum atomic E-state index is 13.4. The fourth-order valence-corrected chi connectivity index (χ4v) is 2.53. The van der Waals surface area contributed by atoms with Crippen LogP contribution < -0.4 is 20.7 Å². The summed E-state index contributed by atoms with van der Waals surface area (Å²) in [7, 11) is 0. The molecule has 30 heavy (non-hydrogen) atoms. The molecule has 0 spiro atoms. The fraction of sp³-hybridized carbons (Fsp3) is 0.222. The minimum absolute atomic E-state index is 0.00910. The van der Waals surface area contributed by atoms with Crippen LogP contribution >= 0.6 is 11.6 Å². The molecule has 12 heteroatoms. The molecular formula is C18H16ClF4N3O4. The first kappa shape index (κ1) is 23.2. The first-order valence-electron chi connectivity index (χ1n) is 8.40. The van der Waals surface area contributed by atoms with E-state index in [2.05, 4.69) is 20.7 Å². The van der Waals surface area contributed by atoms with Gasteiger partial charge >= 0.3 is 12.4 Å². The average Bonchev–Trinajstić information content (AvgIpc) is 2.59. The van der Waals surface area contributed by atoms with E-state index in [9.17, 15) is 27.2 Å². The van der Waals surface area contributed by atoms with Crippen molar-refractivity contribution >= 4 is 34.9 Å². The highest BCUT2D eigenvalue weighted by molar-refractivity contribution is 6.31. The Bertz CT molecular complexity index is 905. The number of carbonyl (C=O) groups is 2. The number of anilines is 2. The first-order chi connectivity index (χ1) is 14.1. The molecule has 0 radical (unpaired) electrons. The number of alkyl halides is 3. The number of halogens is 5. The zero-order valence-corrected chi connectivity index (χ0v) is 15.9. The molecule has 0 saturated carbocycles. The first-order valence-corrected chi connectivity index (χ1v) is 8.78. The van der Waals surface area contributed by atoms with Gasteiger partial charge in [-0.2, -0.15) is 0 Å². The van der Waals surface area contributed by atoms with Crippen molar-refractivity contribution in [2.24, 2.45) is 0 Å². The number of benzene rings is 2. The molecule has 0 saturated heterocycles. The highest BCUT2D eigenvalue weighted by atomic mass is 35.5. The lowest BCUT2D eigenvalue weighted by molar-refractivity contribution is -0.274. The number of hydrogen-bond acceptors (Lipinski definition) is 4. The van der Waals surface area contributed by atoms with Gasteiger partial charge in [-0.1, -0.05) is 11.6 Å². The van der Waals surface area contributed by atoms with Gasteiger partial charge in [-0.3, -0.25) is 4.79 Å². The molecule has 0 heterocycles. The number of ether oxygens (including phenoxy) is 1. The van der Waals surface area contributed by atoms with Crippen LogP contribution in [0.15, 0.2) is 36.4 Å². The molecule has 7 nitrogen and oxygen atoms in total. The van der Waals surface area contributed by atoms with Crippen LogP contribution in [0.25, 0.3) is 0 Å². The maximum Gasteiger partial charge on any atom is 0.573 e. The van der Waals surface area contributed by atoms with E-state index in [0.717, 1.165) is 30.3 Å². The molecule has 0 atom stereocenters. The summed E-state index contributed by atoms with van der Waals surface area (Å²) in [6, 6.07) is 5.01. The highest BCUT2D eigenvalue weighted by Gasteiger charge is 2.31. The highest BCUT2D eigenvalue weighted by Crippen LogP contribution is 2.28. The van der Waals surface area contributed by atoms with Crippen LogP contribution in [-0.2, 0) is 0 Å². The van der Waals surface area contributed by atoms with E-state index in [1.54, 1.807) is 0 Å². The quantitative estimate of drug-likeness (QED) is 0.377. The lowest BCUT2D eigenvalue weighted by Crippen LogP contribution is -2.28. The SMILES string of the molecule is O=C(Nc1cc(F)cc(Cl)c1)Nc1cc(OC(F)(F)F)ccc1C(=O)NCCCO. The van der Waals surface area contributed by atoms with E-state index < -0.39 is 29.9 Å². The van der Waals surface area contributed by atoms with Crippen molar-refractivity contribution < 1.29 is 37.0 Å². The third kappa shape index (κ3) is 7.41. The van der Waals surface area contributed by atoms with Gasteiger partial charge in [0.05, 0.1) is 11.3 Å².